The number of rotatable bonds is 6. The Kier molecular flexibility index (Phi) is 4.75. The van der Waals surface area contributed by atoms with Gasteiger partial charge in [0, 0.05) is 12.1 Å². The second-order valence-electron chi connectivity index (χ2n) is 5.01. The fourth-order valence-corrected chi connectivity index (χ4v) is 2.24. The molecule has 2 aromatic carbocycles. The van der Waals surface area contributed by atoms with Gasteiger partial charge in [-0.15, -0.1) is 0 Å². The van der Waals surface area contributed by atoms with Gasteiger partial charge in [0.25, 0.3) is 0 Å². The van der Waals surface area contributed by atoms with Gasteiger partial charge in [-0.25, -0.2) is 0 Å². The molecule has 0 bridgehead atoms. The van der Waals surface area contributed by atoms with Crippen molar-refractivity contribution < 1.29 is 20.1 Å². The van der Waals surface area contributed by atoms with Gasteiger partial charge in [0.05, 0.1) is 9.85 Å². The number of hydrogen-bond acceptors (Lipinski definition) is 6. The fraction of sp³-hybridized carbons (Fsp3) is 0.200. The van der Waals surface area contributed by atoms with Crippen molar-refractivity contribution in [3.63, 3.8) is 0 Å². The van der Waals surface area contributed by atoms with Gasteiger partial charge in [0.1, 0.15) is 0 Å². The van der Waals surface area contributed by atoms with Gasteiger partial charge in [-0.1, -0.05) is 12.1 Å². The average molecular weight is 318 g/mol. The zero-order valence-electron chi connectivity index (χ0n) is 12.0. The summed E-state index contributed by atoms with van der Waals surface area (Å²) in [5.74, 6) is -0.763. The van der Waals surface area contributed by atoms with Crippen molar-refractivity contribution in [1.82, 2.24) is 0 Å². The van der Waals surface area contributed by atoms with Crippen molar-refractivity contribution >= 4 is 11.4 Å². The van der Waals surface area contributed by atoms with Crippen molar-refractivity contribution in [1.29, 1.82) is 0 Å². The molecule has 0 fully saturated rings. The molecule has 0 heterocycles. The maximum absolute atomic E-state index is 10.8. The summed E-state index contributed by atoms with van der Waals surface area (Å²) in [5.41, 5.74) is 0.705. The molecular formula is C15H14N2O6. The Morgan fingerprint density at radius 2 is 1.17 bits per heavy atom. The molecule has 2 rings (SSSR count). The normalized spacial score (nSPS) is 10.4. The molecule has 0 saturated carbocycles. The molecule has 2 N–H and O–H groups in total. The molecule has 0 aliphatic heterocycles. The molecule has 0 aromatic heterocycles. The van der Waals surface area contributed by atoms with Gasteiger partial charge in [-0.3, -0.25) is 20.2 Å². The lowest BCUT2D eigenvalue weighted by molar-refractivity contribution is -0.386. The predicted octanol–water partition coefficient (Wildman–Crippen LogP) is 3.09. The molecule has 0 unspecified atom stereocenters. The highest BCUT2D eigenvalue weighted by Gasteiger charge is 2.15. The van der Waals surface area contributed by atoms with Crippen LogP contribution in [0.25, 0.3) is 0 Å². The van der Waals surface area contributed by atoms with E-state index in [2.05, 4.69) is 0 Å². The van der Waals surface area contributed by atoms with Crippen molar-refractivity contribution in [3.05, 3.63) is 67.8 Å². The number of phenolic OH excluding ortho intramolecular Hbond substituents is 2. The van der Waals surface area contributed by atoms with Crippen molar-refractivity contribution in [2.75, 3.05) is 0 Å². The molecule has 0 amide bonds. The van der Waals surface area contributed by atoms with E-state index >= 15 is 0 Å². The second-order valence-corrected chi connectivity index (χ2v) is 5.01. The lowest BCUT2D eigenvalue weighted by Crippen LogP contribution is -1.95. The van der Waals surface area contributed by atoms with Crippen LogP contribution in [0.15, 0.2) is 36.4 Å². The molecule has 0 aliphatic carbocycles. The van der Waals surface area contributed by atoms with Crippen LogP contribution in [0, 0.1) is 20.2 Å². The highest BCUT2D eigenvalue weighted by atomic mass is 16.6. The lowest BCUT2D eigenvalue weighted by Gasteiger charge is -2.04. The summed E-state index contributed by atoms with van der Waals surface area (Å²) in [5, 5.41) is 40.3. The van der Waals surface area contributed by atoms with E-state index in [0.717, 1.165) is 0 Å². The number of aromatic hydroxyl groups is 2. The second kappa shape index (κ2) is 6.73. The summed E-state index contributed by atoms with van der Waals surface area (Å²) in [6.07, 6.45) is 1.66. The van der Waals surface area contributed by atoms with E-state index in [4.69, 9.17) is 0 Å². The molecule has 8 nitrogen and oxygen atoms in total. The summed E-state index contributed by atoms with van der Waals surface area (Å²) in [6.45, 7) is 0. The van der Waals surface area contributed by atoms with E-state index in [0.29, 0.717) is 30.4 Å². The topological polar surface area (TPSA) is 127 Å². The van der Waals surface area contributed by atoms with Crippen LogP contribution in [0.3, 0.4) is 0 Å². The molecule has 0 aliphatic rings. The highest BCUT2D eigenvalue weighted by molar-refractivity contribution is 5.48. The summed E-state index contributed by atoms with van der Waals surface area (Å²) < 4.78 is 0. The molecule has 0 atom stereocenters. The molecule has 120 valence electrons. The van der Waals surface area contributed by atoms with Crippen molar-refractivity contribution in [3.8, 4) is 11.5 Å². The van der Waals surface area contributed by atoms with E-state index in [1.54, 1.807) is 12.1 Å². The van der Waals surface area contributed by atoms with Crippen LogP contribution in [0.2, 0.25) is 0 Å². The Morgan fingerprint density at radius 1 is 0.783 bits per heavy atom. The van der Waals surface area contributed by atoms with E-state index < -0.39 is 9.85 Å². The zero-order valence-corrected chi connectivity index (χ0v) is 12.0. The van der Waals surface area contributed by atoms with Crippen LogP contribution in [0.1, 0.15) is 17.5 Å². The molecule has 0 radical (unpaired) electrons. The van der Waals surface area contributed by atoms with Crippen LogP contribution in [0.5, 0.6) is 11.5 Å². The predicted molar refractivity (Wildman–Crippen MR) is 81.5 cm³/mol. The van der Waals surface area contributed by atoms with Crippen LogP contribution >= 0.6 is 0 Å². The quantitative estimate of drug-likeness (QED) is 0.622. The van der Waals surface area contributed by atoms with Crippen LogP contribution in [0.4, 0.5) is 11.4 Å². The number of phenols is 2. The molecular weight excluding hydrogens is 304 g/mol. The number of hydrogen-bond donors (Lipinski definition) is 2. The Bertz CT molecular complexity index is 696. The minimum atomic E-state index is -0.651. The third kappa shape index (κ3) is 3.94. The summed E-state index contributed by atoms with van der Waals surface area (Å²) in [7, 11) is 0. The zero-order chi connectivity index (χ0) is 17.0. The first kappa shape index (κ1) is 16.2. The largest absolute Gasteiger partial charge is 0.502 e. The van der Waals surface area contributed by atoms with Crippen LogP contribution < -0.4 is 0 Å². The average Bonchev–Trinajstić information content (AvgIpc) is 2.50. The van der Waals surface area contributed by atoms with E-state index in [1.165, 1.54) is 24.3 Å². The van der Waals surface area contributed by atoms with Gasteiger partial charge in [0.15, 0.2) is 11.5 Å². The number of aryl methyl sites for hydroxylation is 2. The number of nitro groups is 2. The Balaban J connectivity index is 2.03. The summed E-state index contributed by atoms with van der Waals surface area (Å²) in [4.78, 5) is 20.2. The van der Waals surface area contributed by atoms with Gasteiger partial charge < -0.3 is 10.2 Å². The number of benzene rings is 2. The molecule has 23 heavy (non-hydrogen) atoms. The third-order valence-corrected chi connectivity index (χ3v) is 3.40. The Morgan fingerprint density at radius 3 is 1.52 bits per heavy atom. The van der Waals surface area contributed by atoms with Crippen molar-refractivity contribution in [2.24, 2.45) is 0 Å². The molecule has 2 aromatic rings. The maximum atomic E-state index is 10.8. The smallest absolute Gasteiger partial charge is 0.310 e. The van der Waals surface area contributed by atoms with Crippen LogP contribution in [-0.4, -0.2) is 20.1 Å². The fourth-order valence-electron chi connectivity index (χ4n) is 2.24. The van der Waals surface area contributed by atoms with Crippen LogP contribution in [-0.2, 0) is 12.8 Å². The van der Waals surface area contributed by atoms with E-state index in [1.807, 2.05) is 0 Å². The first-order valence-electron chi connectivity index (χ1n) is 6.81. The summed E-state index contributed by atoms with van der Waals surface area (Å²) in [6, 6.07) is 8.38. The monoisotopic (exact) mass is 318 g/mol. The van der Waals surface area contributed by atoms with E-state index in [-0.39, 0.29) is 22.9 Å². The van der Waals surface area contributed by atoms with Gasteiger partial charge in [-0.05, 0) is 42.5 Å². The van der Waals surface area contributed by atoms with Gasteiger partial charge in [-0.2, -0.15) is 0 Å². The standard InChI is InChI=1S/C15H14N2O6/c18-14-6-4-10(8-12(14)16(20)21)2-1-3-11-5-7-15(19)13(9-11)17(22)23/h4-9,18-19H,1-3H2. The minimum Gasteiger partial charge on any atom is -0.502 e. The SMILES string of the molecule is O=[N+]([O-])c1cc(CCCc2ccc(O)c([N+](=O)[O-])c2)ccc1O. The van der Waals surface area contributed by atoms with Gasteiger partial charge in [0.2, 0.25) is 0 Å². The maximum Gasteiger partial charge on any atom is 0.310 e. The van der Waals surface area contributed by atoms with Gasteiger partial charge >= 0.3 is 11.4 Å². The minimum absolute atomic E-state index is 0.345. The molecule has 0 spiro atoms. The Hall–Kier alpha value is -3.16. The summed E-state index contributed by atoms with van der Waals surface area (Å²) >= 11 is 0. The first-order chi connectivity index (χ1) is 10.9. The van der Waals surface area contributed by atoms with Crippen molar-refractivity contribution in [2.45, 2.75) is 19.3 Å². The third-order valence-electron chi connectivity index (χ3n) is 3.40. The highest BCUT2D eigenvalue weighted by Crippen LogP contribution is 2.28. The van der Waals surface area contributed by atoms with E-state index in [9.17, 15) is 30.4 Å². The number of nitrogens with zero attached hydrogens (tertiary/aromatic N) is 2. The first-order valence-corrected chi connectivity index (χ1v) is 6.81. The Labute approximate surface area is 130 Å². The number of nitro benzene ring substituents is 2. The molecule has 0 saturated heterocycles. The molecule has 8 heteroatoms. The lowest BCUT2D eigenvalue weighted by atomic mass is 10.0.